The number of amides is 1. The first-order chi connectivity index (χ1) is 7.15. The summed E-state index contributed by atoms with van der Waals surface area (Å²) in [5.74, 6) is -0.438. The number of ether oxygens (including phenoxy) is 1. The van der Waals surface area contributed by atoms with Crippen molar-refractivity contribution in [2.75, 3.05) is 26.7 Å². The van der Waals surface area contributed by atoms with Crippen LogP contribution in [0, 0.1) is 0 Å². The van der Waals surface area contributed by atoms with Crippen molar-refractivity contribution >= 4 is 11.9 Å². The number of carbonyl (C=O) groups excluding carboxylic acids is 2. The molecule has 0 unspecified atom stereocenters. The lowest BCUT2D eigenvalue weighted by atomic mass is 10.4. The molecule has 0 fully saturated rings. The average Bonchev–Trinajstić information content (AvgIpc) is 2.25. The molecular weight excluding hydrogens is 196 g/mol. The summed E-state index contributed by atoms with van der Waals surface area (Å²) in [6.07, 6.45) is 2.64. The van der Waals surface area contributed by atoms with Crippen LogP contribution in [0.25, 0.3) is 0 Å². The highest BCUT2D eigenvalue weighted by Crippen LogP contribution is 1.87. The van der Waals surface area contributed by atoms with Gasteiger partial charge in [-0.15, -0.1) is 0 Å². The first-order valence-corrected chi connectivity index (χ1v) is 4.91. The van der Waals surface area contributed by atoms with Gasteiger partial charge in [0, 0.05) is 25.4 Å². The third kappa shape index (κ3) is 5.72. The third-order valence-corrected chi connectivity index (χ3v) is 1.91. The highest BCUT2D eigenvalue weighted by atomic mass is 16.5. The van der Waals surface area contributed by atoms with Crippen LogP contribution in [0.5, 0.6) is 0 Å². The molecule has 86 valence electrons. The Kier molecular flexibility index (Phi) is 7.05. The summed E-state index contributed by atoms with van der Waals surface area (Å²) < 4.78 is 4.39. The molecule has 5 nitrogen and oxygen atoms in total. The predicted molar refractivity (Wildman–Crippen MR) is 57.1 cm³/mol. The quantitative estimate of drug-likeness (QED) is 0.504. The molecule has 1 amide bonds. The Morgan fingerprint density at radius 2 is 1.93 bits per heavy atom. The second kappa shape index (κ2) is 7.84. The summed E-state index contributed by atoms with van der Waals surface area (Å²) in [6, 6.07) is 0. The first-order valence-electron chi connectivity index (χ1n) is 4.91. The Bertz CT molecular complexity index is 235. The molecule has 1 N–H and O–H groups in total. The molecule has 0 spiro atoms. The van der Waals surface area contributed by atoms with Gasteiger partial charge >= 0.3 is 5.97 Å². The molecule has 0 saturated heterocycles. The van der Waals surface area contributed by atoms with E-state index in [2.05, 4.69) is 10.1 Å². The van der Waals surface area contributed by atoms with E-state index in [1.807, 2.05) is 13.8 Å². The van der Waals surface area contributed by atoms with Crippen molar-refractivity contribution in [1.29, 1.82) is 0 Å². The van der Waals surface area contributed by atoms with Gasteiger partial charge in [-0.3, -0.25) is 4.79 Å². The Labute approximate surface area is 90.1 Å². The molecule has 0 aromatic rings. The lowest BCUT2D eigenvalue weighted by Gasteiger charge is -2.18. The van der Waals surface area contributed by atoms with Crippen molar-refractivity contribution in [2.24, 2.45) is 0 Å². The lowest BCUT2D eigenvalue weighted by molar-refractivity contribution is -0.135. The molecule has 0 saturated carbocycles. The molecule has 0 aromatic heterocycles. The summed E-state index contributed by atoms with van der Waals surface area (Å²) in [7, 11) is 1.30. The lowest BCUT2D eigenvalue weighted by Crippen LogP contribution is -2.36. The minimum absolute atomic E-state index is 0.00881. The van der Waals surface area contributed by atoms with Crippen molar-refractivity contribution in [2.45, 2.75) is 13.8 Å². The molecule has 0 atom stereocenters. The highest BCUT2D eigenvalue weighted by Gasteiger charge is 2.06. The van der Waals surface area contributed by atoms with Crippen LogP contribution in [0.1, 0.15) is 13.8 Å². The van der Waals surface area contributed by atoms with Crippen LogP contribution in [0.3, 0.4) is 0 Å². The van der Waals surface area contributed by atoms with Gasteiger partial charge in [-0.05, 0) is 13.8 Å². The minimum Gasteiger partial charge on any atom is -0.466 e. The summed E-state index contributed by atoms with van der Waals surface area (Å²) in [5, 5.41) is 2.73. The number of carbonyl (C=O) groups is 2. The summed E-state index contributed by atoms with van der Waals surface area (Å²) >= 11 is 0. The van der Waals surface area contributed by atoms with E-state index in [1.54, 1.807) is 4.90 Å². The van der Waals surface area contributed by atoms with Crippen LogP contribution in [-0.2, 0) is 14.3 Å². The fourth-order valence-corrected chi connectivity index (χ4v) is 1.03. The molecule has 0 bridgehead atoms. The Balaban J connectivity index is 3.81. The second-order valence-electron chi connectivity index (χ2n) is 2.80. The number of likely N-dealkylation sites (N-methyl/N-ethyl adjacent to an activating group) is 1. The summed E-state index contributed by atoms with van der Waals surface area (Å²) in [5.41, 5.74) is 0. The van der Waals surface area contributed by atoms with Gasteiger partial charge < -0.3 is 15.0 Å². The van der Waals surface area contributed by atoms with Crippen molar-refractivity contribution < 1.29 is 14.3 Å². The number of nitrogens with one attached hydrogen (secondary N) is 1. The smallest absolute Gasteiger partial charge is 0.331 e. The van der Waals surface area contributed by atoms with E-state index < -0.39 is 5.97 Å². The van der Waals surface area contributed by atoms with Crippen molar-refractivity contribution in [3.05, 3.63) is 12.3 Å². The monoisotopic (exact) mass is 214 g/mol. The van der Waals surface area contributed by atoms with E-state index in [-0.39, 0.29) is 12.5 Å². The fraction of sp³-hybridized carbons (Fsp3) is 0.600. The predicted octanol–water partition coefficient (Wildman–Crippen LogP) is 0.131. The van der Waals surface area contributed by atoms with Crippen LogP contribution in [-0.4, -0.2) is 43.5 Å². The molecule has 0 heterocycles. The van der Waals surface area contributed by atoms with Crippen LogP contribution >= 0.6 is 0 Å². The number of esters is 1. The van der Waals surface area contributed by atoms with Crippen LogP contribution < -0.4 is 5.32 Å². The van der Waals surface area contributed by atoms with Gasteiger partial charge in [0.15, 0.2) is 0 Å². The Hall–Kier alpha value is -1.52. The van der Waals surface area contributed by atoms with E-state index in [1.165, 1.54) is 19.4 Å². The molecule has 0 aromatic carbocycles. The summed E-state index contributed by atoms with van der Waals surface area (Å²) in [6.45, 7) is 5.42. The third-order valence-electron chi connectivity index (χ3n) is 1.91. The Morgan fingerprint density at radius 1 is 1.33 bits per heavy atom. The topological polar surface area (TPSA) is 58.6 Å². The van der Waals surface area contributed by atoms with Crippen molar-refractivity contribution in [3.63, 3.8) is 0 Å². The number of rotatable bonds is 6. The largest absolute Gasteiger partial charge is 0.466 e. The van der Waals surface area contributed by atoms with Gasteiger partial charge in [0.05, 0.1) is 13.7 Å². The minimum atomic E-state index is -0.446. The molecule has 0 aliphatic rings. The van der Waals surface area contributed by atoms with Crippen LogP contribution in [0.4, 0.5) is 0 Å². The number of hydrogen-bond donors (Lipinski definition) is 1. The van der Waals surface area contributed by atoms with Crippen LogP contribution in [0.2, 0.25) is 0 Å². The maximum Gasteiger partial charge on any atom is 0.331 e. The van der Waals surface area contributed by atoms with Crippen molar-refractivity contribution in [3.8, 4) is 0 Å². The zero-order valence-electron chi connectivity index (χ0n) is 9.45. The van der Waals surface area contributed by atoms with Gasteiger partial charge in [-0.25, -0.2) is 4.79 Å². The fourth-order valence-electron chi connectivity index (χ4n) is 1.03. The number of nitrogens with zero attached hydrogens (tertiary/aromatic N) is 1. The van der Waals surface area contributed by atoms with E-state index >= 15 is 0 Å². The molecule has 0 aliphatic heterocycles. The Morgan fingerprint density at radius 3 is 2.40 bits per heavy atom. The standard InChI is InChI=1S/C10H18N2O3/c1-4-12(5-2)9(13)8-11-7-6-10(14)15-3/h6-7,11H,4-5,8H2,1-3H3/b7-6+. The first kappa shape index (κ1) is 13.5. The van der Waals surface area contributed by atoms with E-state index in [0.717, 1.165) is 0 Å². The van der Waals surface area contributed by atoms with Gasteiger partial charge in [0.2, 0.25) is 5.91 Å². The molecule has 0 radical (unpaired) electrons. The average molecular weight is 214 g/mol. The zero-order valence-corrected chi connectivity index (χ0v) is 9.45. The molecule has 0 aliphatic carbocycles. The van der Waals surface area contributed by atoms with Crippen molar-refractivity contribution in [1.82, 2.24) is 10.2 Å². The van der Waals surface area contributed by atoms with Gasteiger partial charge in [-0.1, -0.05) is 0 Å². The van der Waals surface area contributed by atoms with E-state index in [9.17, 15) is 9.59 Å². The van der Waals surface area contributed by atoms with Crippen LogP contribution in [0.15, 0.2) is 12.3 Å². The molecular formula is C10H18N2O3. The van der Waals surface area contributed by atoms with Gasteiger partial charge in [0.1, 0.15) is 0 Å². The van der Waals surface area contributed by atoms with E-state index in [4.69, 9.17) is 0 Å². The second-order valence-corrected chi connectivity index (χ2v) is 2.80. The highest BCUT2D eigenvalue weighted by molar-refractivity contribution is 5.82. The zero-order chi connectivity index (χ0) is 11.7. The number of hydrogen-bond acceptors (Lipinski definition) is 4. The normalized spacial score (nSPS) is 10.1. The molecule has 0 rings (SSSR count). The maximum atomic E-state index is 11.4. The summed E-state index contributed by atoms with van der Waals surface area (Å²) in [4.78, 5) is 23.8. The molecule has 15 heavy (non-hydrogen) atoms. The maximum absolute atomic E-state index is 11.4. The van der Waals surface area contributed by atoms with Gasteiger partial charge in [-0.2, -0.15) is 0 Å². The van der Waals surface area contributed by atoms with Gasteiger partial charge in [0.25, 0.3) is 0 Å². The molecule has 5 heteroatoms. The SMILES string of the molecule is CCN(CC)C(=O)CN/C=C/C(=O)OC. The van der Waals surface area contributed by atoms with E-state index in [0.29, 0.717) is 13.1 Å². The number of methoxy groups -OCH3 is 1.